The van der Waals surface area contributed by atoms with E-state index in [0.717, 1.165) is 12.8 Å². The van der Waals surface area contributed by atoms with Crippen LogP contribution < -0.4 is 10.6 Å². The fourth-order valence-electron chi connectivity index (χ4n) is 2.42. The zero-order valence-corrected chi connectivity index (χ0v) is 13.7. The summed E-state index contributed by atoms with van der Waals surface area (Å²) < 4.78 is 0. The molecule has 0 bridgehead atoms. The monoisotopic (exact) mass is 349 g/mol. The first-order valence-electron chi connectivity index (χ1n) is 7.83. The number of nitro benzene ring substituents is 1. The second-order valence-electron chi connectivity index (χ2n) is 6.08. The van der Waals surface area contributed by atoms with Gasteiger partial charge in [0.1, 0.15) is 6.04 Å². The molecule has 0 spiro atoms. The molecule has 0 aliphatic heterocycles. The summed E-state index contributed by atoms with van der Waals surface area (Å²) in [4.78, 5) is 45.2. The van der Waals surface area contributed by atoms with Crippen LogP contribution in [0.1, 0.15) is 35.2 Å². The van der Waals surface area contributed by atoms with Crippen LogP contribution in [0.25, 0.3) is 0 Å². The number of benzene rings is 1. The van der Waals surface area contributed by atoms with E-state index in [2.05, 4.69) is 10.6 Å². The van der Waals surface area contributed by atoms with Crippen LogP contribution in [-0.2, 0) is 9.59 Å². The molecule has 2 rings (SSSR count). The van der Waals surface area contributed by atoms with E-state index in [0.29, 0.717) is 17.9 Å². The summed E-state index contributed by atoms with van der Waals surface area (Å²) in [5, 5.41) is 24.6. The Kier molecular flexibility index (Phi) is 5.68. The van der Waals surface area contributed by atoms with Crippen molar-refractivity contribution >= 4 is 23.5 Å². The molecule has 1 atom stereocenters. The molecule has 9 nitrogen and oxygen atoms in total. The first-order valence-corrected chi connectivity index (χ1v) is 7.83. The number of carbonyl (C=O) groups is 3. The maximum atomic E-state index is 12.0. The fraction of sp³-hybridized carbons (Fsp3) is 0.438. The quantitative estimate of drug-likeness (QED) is 0.473. The van der Waals surface area contributed by atoms with Crippen molar-refractivity contribution < 1.29 is 24.4 Å². The molecular formula is C16H19N3O6. The second kappa shape index (κ2) is 7.73. The van der Waals surface area contributed by atoms with Gasteiger partial charge in [-0.05, 0) is 31.4 Å². The number of aryl methyl sites for hydroxylation is 1. The number of hydrogen-bond donors (Lipinski definition) is 3. The minimum atomic E-state index is -1.10. The fourth-order valence-corrected chi connectivity index (χ4v) is 2.42. The van der Waals surface area contributed by atoms with Gasteiger partial charge in [-0.1, -0.05) is 12.8 Å². The molecule has 2 amide bonds. The van der Waals surface area contributed by atoms with Gasteiger partial charge in [-0.3, -0.25) is 19.7 Å². The van der Waals surface area contributed by atoms with Gasteiger partial charge in [0.05, 0.1) is 11.5 Å². The van der Waals surface area contributed by atoms with Crippen molar-refractivity contribution in [1.82, 2.24) is 10.6 Å². The SMILES string of the molecule is Cc1cc(C(=O)NCC(=O)NC(CC2CC2)C(=O)O)ccc1[N+](=O)[O-]. The van der Waals surface area contributed by atoms with Gasteiger partial charge in [-0.2, -0.15) is 0 Å². The van der Waals surface area contributed by atoms with Gasteiger partial charge in [0.15, 0.2) is 0 Å². The standard InChI is InChI=1S/C16H19N3O6/c1-9-6-11(4-5-13(9)19(24)25)15(21)17-8-14(20)18-12(16(22)23)7-10-2-3-10/h4-6,10,12H,2-3,7-8H2,1H3,(H,17,21)(H,18,20)(H,22,23). The maximum absolute atomic E-state index is 12.0. The number of carboxylic acid groups (broad SMARTS) is 1. The van der Waals surface area contributed by atoms with Crippen LogP contribution in [-0.4, -0.2) is 40.4 Å². The Morgan fingerprint density at radius 1 is 1.36 bits per heavy atom. The van der Waals surface area contributed by atoms with E-state index < -0.39 is 28.7 Å². The molecule has 1 aromatic rings. The number of nitrogens with zero attached hydrogens (tertiary/aromatic N) is 1. The third-order valence-corrected chi connectivity index (χ3v) is 3.96. The molecular weight excluding hydrogens is 330 g/mol. The van der Waals surface area contributed by atoms with Crippen LogP contribution in [0, 0.1) is 23.0 Å². The molecule has 1 unspecified atom stereocenters. The van der Waals surface area contributed by atoms with Crippen molar-refractivity contribution in [2.24, 2.45) is 5.92 Å². The third-order valence-electron chi connectivity index (χ3n) is 3.96. The summed E-state index contributed by atoms with van der Waals surface area (Å²) in [6.45, 7) is 1.14. The molecule has 1 saturated carbocycles. The van der Waals surface area contributed by atoms with E-state index in [-0.39, 0.29) is 17.8 Å². The molecule has 134 valence electrons. The third kappa shape index (κ3) is 5.27. The van der Waals surface area contributed by atoms with Crippen molar-refractivity contribution in [3.05, 3.63) is 39.4 Å². The van der Waals surface area contributed by atoms with Gasteiger partial charge in [0, 0.05) is 17.2 Å². The minimum absolute atomic E-state index is 0.0985. The lowest BCUT2D eigenvalue weighted by Crippen LogP contribution is -2.45. The average molecular weight is 349 g/mol. The lowest BCUT2D eigenvalue weighted by Gasteiger charge is -2.14. The van der Waals surface area contributed by atoms with E-state index in [1.807, 2.05) is 0 Å². The summed E-state index contributed by atoms with van der Waals surface area (Å²) in [5.41, 5.74) is 0.416. The minimum Gasteiger partial charge on any atom is -0.480 e. The Labute approximate surface area is 143 Å². The average Bonchev–Trinajstić information content (AvgIpc) is 3.35. The smallest absolute Gasteiger partial charge is 0.326 e. The highest BCUT2D eigenvalue weighted by molar-refractivity contribution is 5.97. The molecule has 1 aliphatic rings. The predicted octanol–water partition coefficient (Wildman–Crippen LogP) is 1.00. The Balaban J connectivity index is 1.88. The predicted molar refractivity (Wildman–Crippen MR) is 87.1 cm³/mol. The van der Waals surface area contributed by atoms with Crippen molar-refractivity contribution in [2.45, 2.75) is 32.2 Å². The topological polar surface area (TPSA) is 139 Å². The molecule has 0 heterocycles. The van der Waals surface area contributed by atoms with Crippen molar-refractivity contribution in [3.63, 3.8) is 0 Å². The zero-order valence-electron chi connectivity index (χ0n) is 13.7. The molecule has 9 heteroatoms. The van der Waals surface area contributed by atoms with Crippen molar-refractivity contribution in [2.75, 3.05) is 6.54 Å². The molecule has 25 heavy (non-hydrogen) atoms. The van der Waals surface area contributed by atoms with Gasteiger partial charge in [-0.15, -0.1) is 0 Å². The van der Waals surface area contributed by atoms with Crippen LogP contribution in [0.2, 0.25) is 0 Å². The molecule has 0 radical (unpaired) electrons. The lowest BCUT2D eigenvalue weighted by atomic mass is 10.1. The van der Waals surface area contributed by atoms with E-state index in [1.54, 1.807) is 0 Å². The Bertz CT molecular complexity index is 714. The highest BCUT2D eigenvalue weighted by atomic mass is 16.6. The van der Waals surface area contributed by atoms with E-state index >= 15 is 0 Å². The molecule has 1 aliphatic carbocycles. The van der Waals surface area contributed by atoms with Crippen LogP contribution >= 0.6 is 0 Å². The summed E-state index contributed by atoms with van der Waals surface area (Å²) in [7, 11) is 0. The second-order valence-corrected chi connectivity index (χ2v) is 6.08. The van der Waals surface area contributed by atoms with Gasteiger partial charge in [-0.25, -0.2) is 4.79 Å². The highest BCUT2D eigenvalue weighted by Gasteiger charge is 2.30. The van der Waals surface area contributed by atoms with Crippen molar-refractivity contribution in [3.8, 4) is 0 Å². The van der Waals surface area contributed by atoms with E-state index in [9.17, 15) is 24.5 Å². The summed E-state index contributed by atoms with van der Waals surface area (Å²) in [5.74, 6) is -1.93. The van der Waals surface area contributed by atoms with Gasteiger partial charge < -0.3 is 15.7 Å². The highest BCUT2D eigenvalue weighted by Crippen LogP contribution is 2.33. The number of nitro groups is 1. The first kappa shape index (κ1) is 18.4. The molecule has 1 aromatic carbocycles. The number of aliphatic carboxylic acids is 1. The van der Waals surface area contributed by atoms with E-state index in [4.69, 9.17) is 5.11 Å². The first-order chi connectivity index (χ1) is 11.8. The molecule has 1 fully saturated rings. The van der Waals surface area contributed by atoms with Gasteiger partial charge >= 0.3 is 5.97 Å². The Morgan fingerprint density at radius 2 is 2.04 bits per heavy atom. The van der Waals surface area contributed by atoms with Crippen LogP contribution in [0.5, 0.6) is 0 Å². The number of amides is 2. The van der Waals surface area contributed by atoms with Crippen LogP contribution in [0.4, 0.5) is 5.69 Å². The van der Waals surface area contributed by atoms with Crippen LogP contribution in [0.3, 0.4) is 0 Å². The van der Waals surface area contributed by atoms with Crippen LogP contribution in [0.15, 0.2) is 18.2 Å². The largest absolute Gasteiger partial charge is 0.480 e. The Morgan fingerprint density at radius 3 is 2.56 bits per heavy atom. The number of rotatable bonds is 8. The number of nitrogens with one attached hydrogen (secondary N) is 2. The summed E-state index contributed by atoms with van der Waals surface area (Å²) in [6.07, 6.45) is 2.32. The summed E-state index contributed by atoms with van der Waals surface area (Å²) in [6, 6.07) is 2.92. The Hall–Kier alpha value is -2.97. The number of carbonyl (C=O) groups excluding carboxylic acids is 2. The van der Waals surface area contributed by atoms with E-state index in [1.165, 1.54) is 25.1 Å². The molecule has 3 N–H and O–H groups in total. The van der Waals surface area contributed by atoms with Gasteiger partial charge in [0.25, 0.3) is 11.6 Å². The number of hydrogen-bond acceptors (Lipinski definition) is 5. The molecule has 0 aromatic heterocycles. The molecule has 0 saturated heterocycles. The normalized spacial score (nSPS) is 14.4. The lowest BCUT2D eigenvalue weighted by molar-refractivity contribution is -0.385. The van der Waals surface area contributed by atoms with Gasteiger partial charge in [0.2, 0.25) is 5.91 Å². The zero-order chi connectivity index (χ0) is 18.6. The van der Waals surface area contributed by atoms with Crippen molar-refractivity contribution in [1.29, 1.82) is 0 Å². The number of carboxylic acids is 1. The maximum Gasteiger partial charge on any atom is 0.326 e. The summed E-state index contributed by atoms with van der Waals surface area (Å²) >= 11 is 0.